The molecule has 1 aromatic rings. The van der Waals surface area contributed by atoms with Crippen LogP contribution >= 0.6 is 0 Å². The highest BCUT2D eigenvalue weighted by molar-refractivity contribution is 5.83. The topological polar surface area (TPSA) is 41.6 Å². The number of carbonyl (C=O) groups is 1. The SMILES string of the molecule is CCN(CC)C(CNC(=O)C12CC3CC(CC(C3)C1)C2)c1cccc(OC)c1. The molecule has 1 atom stereocenters. The van der Waals surface area contributed by atoms with Crippen LogP contribution < -0.4 is 10.1 Å². The highest BCUT2D eigenvalue weighted by Gasteiger charge is 2.54. The van der Waals surface area contributed by atoms with Gasteiger partial charge in [0, 0.05) is 12.0 Å². The minimum atomic E-state index is -0.0725. The molecule has 0 saturated heterocycles. The Kier molecular flexibility index (Phi) is 5.69. The second kappa shape index (κ2) is 8.06. The standard InChI is InChI=1S/C24H36N2O2/c1-4-26(5-2)22(20-7-6-8-21(12-20)28-3)16-25-23(27)24-13-17-9-18(14-24)11-19(10-17)15-24/h6-8,12,17-19,22H,4-5,9-11,13-16H2,1-3H3,(H,25,27). The zero-order chi connectivity index (χ0) is 19.7. The van der Waals surface area contributed by atoms with Gasteiger partial charge < -0.3 is 10.1 Å². The maximum Gasteiger partial charge on any atom is 0.226 e. The number of carbonyl (C=O) groups excluding carboxylic acids is 1. The first-order chi connectivity index (χ1) is 13.6. The van der Waals surface area contributed by atoms with Gasteiger partial charge in [-0.05, 0) is 87.1 Å². The van der Waals surface area contributed by atoms with Gasteiger partial charge in [0.15, 0.2) is 0 Å². The molecule has 0 aliphatic heterocycles. The molecule has 4 saturated carbocycles. The summed E-state index contributed by atoms with van der Waals surface area (Å²) in [5.41, 5.74) is 1.14. The molecule has 4 aliphatic rings. The maximum atomic E-state index is 13.4. The molecular weight excluding hydrogens is 348 g/mol. The van der Waals surface area contributed by atoms with Crippen molar-refractivity contribution in [2.24, 2.45) is 23.2 Å². The van der Waals surface area contributed by atoms with E-state index in [4.69, 9.17) is 4.74 Å². The summed E-state index contributed by atoms with van der Waals surface area (Å²) in [7, 11) is 1.71. The second-order valence-electron chi connectivity index (χ2n) is 9.42. The molecule has 4 fully saturated rings. The zero-order valence-electron chi connectivity index (χ0n) is 17.7. The van der Waals surface area contributed by atoms with Crippen molar-refractivity contribution in [3.63, 3.8) is 0 Å². The first-order valence-corrected chi connectivity index (χ1v) is 11.2. The molecule has 28 heavy (non-hydrogen) atoms. The van der Waals surface area contributed by atoms with E-state index >= 15 is 0 Å². The molecule has 0 aromatic heterocycles. The number of hydrogen-bond donors (Lipinski definition) is 1. The van der Waals surface area contributed by atoms with Gasteiger partial charge in [-0.25, -0.2) is 0 Å². The summed E-state index contributed by atoms with van der Waals surface area (Å²) < 4.78 is 5.44. The molecule has 154 valence electrons. The van der Waals surface area contributed by atoms with Crippen molar-refractivity contribution in [1.29, 1.82) is 0 Å². The van der Waals surface area contributed by atoms with Crippen LogP contribution in [0.25, 0.3) is 0 Å². The van der Waals surface area contributed by atoms with Gasteiger partial charge in [0.1, 0.15) is 5.75 Å². The number of nitrogens with zero attached hydrogens (tertiary/aromatic N) is 1. The number of nitrogens with one attached hydrogen (secondary N) is 1. The summed E-state index contributed by atoms with van der Waals surface area (Å²) in [5, 5.41) is 3.40. The van der Waals surface area contributed by atoms with Crippen molar-refractivity contribution >= 4 is 5.91 Å². The Bertz CT molecular complexity index is 662. The summed E-state index contributed by atoms with van der Waals surface area (Å²) in [6.45, 7) is 6.99. The van der Waals surface area contributed by atoms with Gasteiger partial charge in [0.05, 0.1) is 13.2 Å². The number of methoxy groups -OCH3 is 1. The van der Waals surface area contributed by atoms with Gasteiger partial charge >= 0.3 is 0 Å². The lowest BCUT2D eigenvalue weighted by molar-refractivity contribution is -0.146. The Morgan fingerprint density at radius 3 is 2.29 bits per heavy atom. The lowest BCUT2D eigenvalue weighted by atomic mass is 9.49. The normalized spacial score (nSPS) is 31.8. The highest BCUT2D eigenvalue weighted by atomic mass is 16.5. The van der Waals surface area contributed by atoms with Gasteiger partial charge in [0.25, 0.3) is 0 Å². The lowest BCUT2D eigenvalue weighted by Crippen LogP contribution is -2.54. The van der Waals surface area contributed by atoms with Crippen LogP contribution in [-0.4, -0.2) is 37.6 Å². The van der Waals surface area contributed by atoms with Gasteiger partial charge in [-0.3, -0.25) is 9.69 Å². The molecule has 5 rings (SSSR count). The van der Waals surface area contributed by atoms with Gasteiger partial charge in [-0.1, -0.05) is 26.0 Å². The van der Waals surface area contributed by atoms with Crippen molar-refractivity contribution in [2.75, 3.05) is 26.7 Å². The molecule has 1 unspecified atom stereocenters. The van der Waals surface area contributed by atoms with Gasteiger partial charge in [-0.2, -0.15) is 0 Å². The molecular formula is C24H36N2O2. The van der Waals surface area contributed by atoms with E-state index < -0.39 is 0 Å². The lowest BCUT2D eigenvalue weighted by Gasteiger charge is -2.55. The van der Waals surface area contributed by atoms with Crippen molar-refractivity contribution in [1.82, 2.24) is 10.2 Å². The van der Waals surface area contributed by atoms with E-state index in [0.717, 1.165) is 55.9 Å². The van der Waals surface area contributed by atoms with Crippen molar-refractivity contribution in [2.45, 2.75) is 58.4 Å². The number of ether oxygens (including phenoxy) is 1. The molecule has 1 amide bonds. The van der Waals surface area contributed by atoms with Gasteiger partial charge in [0.2, 0.25) is 5.91 Å². The molecule has 4 aliphatic carbocycles. The molecule has 0 heterocycles. The van der Waals surface area contributed by atoms with E-state index in [1.165, 1.54) is 24.8 Å². The van der Waals surface area contributed by atoms with E-state index in [-0.39, 0.29) is 11.5 Å². The third-order valence-corrected chi connectivity index (χ3v) is 7.71. The zero-order valence-corrected chi connectivity index (χ0v) is 17.7. The first-order valence-electron chi connectivity index (χ1n) is 11.2. The Balaban J connectivity index is 1.49. The molecule has 4 heteroatoms. The smallest absolute Gasteiger partial charge is 0.226 e. The summed E-state index contributed by atoms with van der Waals surface area (Å²) in [4.78, 5) is 15.8. The minimum Gasteiger partial charge on any atom is -0.497 e. The third-order valence-electron chi connectivity index (χ3n) is 7.71. The number of hydrogen-bond acceptors (Lipinski definition) is 3. The van der Waals surface area contributed by atoms with Crippen LogP contribution in [0.2, 0.25) is 0 Å². The highest BCUT2D eigenvalue weighted by Crippen LogP contribution is 2.60. The van der Waals surface area contributed by atoms with Crippen LogP contribution in [0.3, 0.4) is 0 Å². The molecule has 1 aromatic carbocycles. The molecule has 4 bridgehead atoms. The Hall–Kier alpha value is -1.55. The Morgan fingerprint density at radius 1 is 1.14 bits per heavy atom. The quantitative estimate of drug-likeness (QED) is 0.722. The number of benzene rings is 1. The van der Waals surface area contributed by atoms with Crippen LogP contribution in [0.15, 0.2) is 24.3 Å². The van der Waals surface area contributed by atoms with Crippen LogP contribution in [0, 0.1) is 23.2 Å². The summed E-state index contributed by atoms with van der Waals surface area (Å²) >= 11 is 0. The fourth-order valence-corrected chi connectivity index (χ4v) is 6.74. The molecule has 1 N–H and O–H groups in total. The Labute approximate surface area is 170 Å². The van der Waals surface area contributed by atoms with Crippen LogP contribution in [0.5, 0.6) is 5.75 Å². The monoisotopic (exact) mass is 384 g/mol. The predicted octanol–water partition coefficient (Wildman–Crippen LogP) is 4.41. The van der Waals surface area contributed by atoms with E-state index in [2.05, 4.69) is 36.2 Å². The van der Waals surface area contributed by atoms with Crippen molar-refractivity contribution < 1.29 is 9.53 Å². The fraction of sp³-hybridized carbons (Fsp3) is 0.708. The third kappa shape index (κ3) is 3.68. The van der Waals surface area contributed by atoms with Crippen LogP contribution in [0.1, 0.15) is 64.0 Å². The number of amides is 1. The molecule has 4 nitrogen and oxygen atoms in total. The van der Waals surface area contributed by atoms with E-state index in [9.17, 15) is 4.79 Å². The number of rotatable bonds is 8. The summed E-state index contributed by atoms with van der Waals surface area (Å²) in [5.74, 6) is 3.60. The summed E-state index contributed by atoms with van der Waals surface area (Å²) in [6.07, 6.45) is 7.50. The van der Waals surface area contributed by atoms with E-state index in [0.29, 0.717) is 12.5 Å². The van der Waals surface area contributed by atoms with Crippen molar-refractivity contribution in [3.05, 3.63) is 29.8 Å². The van der Waals surface area contributed by atoms with Crippen LogP contribution in [0.4, 0.5) is 0 Å². The largest absolute Gasteiger partial charge is 0.497 e. The molecule has 0 radical (unpaired) electrons. The number of likely N-dealkylation sites (N-methyl/N-ethyl adjacent to an activating group) is 1. The molecule has 0 spiro atoms. The predicted molar refractivity (Wildman–Crippen MR) is 112 cm³/mol. The van der Waals surface area contributed by atoms with Crippen molar-refractivity contribution in [3.8, 4) is 5.75 Å². The van der Waals surface area contributed by atoms with E-state index in [1.54, 1.807) is 7.11 Å². The maximum absolute atomic E-state index is 13.4. The first kappa shape index (κ1) is 19.8. The van der Waals surface area contributed by atoms with Crippen LogP contribution in [-0.2, 0) is 4.79 Å². The van der Waals surface area contributed by atoms with E-state index in [1.807, 2.05) is 12.1 Å². The van der Waals surface area contributed by atoms with Gasteiger partial charge in [-0.15, -0.1) is 0 Å². The second-order valence-corrected chi connectivity index (χ2v) is 9.42. The fourth-order valence-electron chi connectivity index (χ4n) is 6.74. The Morgan fingerprint density at radius 2 is 1.75 bits per heavy atom. The average molecular weight is 385 g/mol. The summed E-state index contributed by atoms with van der Waals surface area (Å²) in [6, 6.07) is 8.48. The average Bonchev–Trinajstić information content (AvgIpc) is 2.70. The minimum absolute atomic E-state index is 0.0725.